The molecule has 0 spiro atoms. The average molecular weight is 230 g/mol. The van der Waals surface area contributed by atoms with E-state index in [9.17, 15) is 9.90 Å². The molecule has 17 heavy (non-hydrogen) atoms. The van der Waals surface area contributed by atoms with Crippen molar-refractivity contribution in [3.8, 4) is 0 Å². The fraction of sp³-hybridized carbons (Fsp3) is 0.231. The Balaban J connectivity index is 2.47. The first kappa shape index (κ1) is 11.4. The van der Waals surface area contributed by atoms with Crippen molar-refractivity contribution >= 4 is 5.97 Å². The third kappa shape index (κ3) is 2.20. The van der Waals surface area contributed by atoms with Crippen LogP contribution in [-0.2, 0) is 11.2 Å². The zero-order valence-electron chi connectivity index (χ0n) is 9.58. The lowest BCUT2D eigenvalue weighted by molar-refractivity contribution is -0.139. The molecular formula is C13H14N2O2. The molecule has 1 aromatic heterocycles. The topological polar surface area (TPSA) is 55.1 Å². The van der Waals surface area contributed by atoms with E-state index in [1.807, 2.05) is 37.3 Å². The number of nitrogens with zero attached hydrogens (tertiary/aromatic N) is 2. The quantitative estimate of drug-likeness (QED) is 0.875. The molecule has 0 aliphatic rings. The van der Waals surface area contributed by atoms with Crippen LogP contribution in [0.5, 0.6) is 0 Å². The normalized spacial score (nSPS) is 12.3. The van der Waals surface area contributed by atoms with Gasteiger partial charge in [-0.1, -0.05) is 37.3 Å². The number of hydrogen-bond donors (Lipinski definition) is 1. The summed E-state index contributed by atoms with van der Waals surface area (Å²) in [5.74, 6) is -0.0925. The first-order valence-electron chi connectivity index (χ1n) is 5.53. The first-order valence-corrected chi connectivity index (χ1v) is 5.53. The number of benzene rings is 1. The summed E-state index contributed by atoms with van der Waals surface area (Å²) in [6.07, 6.45) is 4.06. The maximum atomic E-state index is 11.4. The predicted molar refractivity (Wildman–Crippen MR) is 63.8 cm³/mol. The highest BCUT2D eigenvalue weighted by Crippen LogP contribution is 2.20. The second-order valence-corrected chi connectivity index (χ2v) is 3.76. The van der Waals surface area contributed by atoms with Crippen LogP contribution in [0.15, 0.2) is 42.7 Å². The van der Waals surface area contributed by atoms with Gasteiger partial charge in [0.25, 0.3) is 0 Å². The maximum absolute atomic E-state index is 11.4. The molecule has 0 bridgehead atoms. The van der Waals surface area contributed by atoms with Gasteiger partial charge >= 0.3 is 5.97 Å². The molecule has 0 saturated carbocycles. The van der Waals surface area contributed by atoms with Gasteiger partial charge < -0.3 is 9.67 Å². The maximum Gasteiger partial charge on any atom is 0.331 e. The third-order valence-corrected chi connectivity index (χ3v) is 2.69. The smallest absolute Gasteiger partial charge is 0.331 e. The Hall–Kier alpha value is -2.10. The van der Waals surface area contributed by atoms with Gasteiger partial charge in [-0.3, -0.25) is 0 Å². The zero-order valence-corrected chi connectivity index (χ0v) is 9.58. The lowest BCUT2D eigenvalue weighted by Crippen LogP contribution is -2.21. The van der Waals surface area contributed by atoms with Gasteiger partial charge in [-0.05, 0) is 5.56 Å². The van der Waals surface area contributed by atoms with Gasteiger partial charge in [-0.25, -0.2) is 9.78 Å². The fourth-order valence-electron chi connectivity index (χ4n) is 1.91. The highest BCUT2D eigenvalue weighted by Gasteiger charge is 2.23. The van der Waals surface area contributed by atoms with E-state index >= 15 is 0 Å². The minimum absolute atomic E-state index is 0.700. The van der Waals surface area contributed by atoms with E-state index in [1.54, 1.807) is 17.0 Å². The Morgan fingerprint density at radius 3 is 2.71 bits per heavy atom. The molecule has 2 rings (SSSR count). The molecule has 4 nitrogen and oxygen atoms in total. The Morgan fingerprint density at radius 2 is 2.12 bits per heavy atom. The van der Waals surface area contributed by atoms with Crippen molar-refractivity contribution in [1.82, 2.24) is 9.55 Å². The Kier molecular flexibility index (Phi) is 3.23. The molecule has 1 atom stereocenters. The van der Waals surface area contributed by atoms with Crippen LogP contribution < -0.4 is 0 Å². The van der Waals surface area contributed by atoms with Crippen LogP contribution in [0.2, 0.25) is 0 Å². The van der Waals surface area contributed by atoms with E-state index in [4.69, 9.17) is 0 Å². The first-order chi connectivity index (χ1) is 8.24. The van der Waals surface area contributed by atoms with Crippen molar-refractivity contribution in [2.24, 2.45) is 0 Å². The summed E-state index contributed by atoms with van der Waals surface area (Å²) in [4.78, 5) is 15.6. The number of carboxylic acids is 1. The van der Waals surface area contributed by atoms with Gasteiger partial charge in [0.15, 0.2) is 6.04 Å². The standard InChI is InChI=1S/C13H14N2O2/c1-2-11-14-8-9-15(11)12(13(16)17)10-6-4-3-5-7-10/h3-9,12H,2H2,1H3,(H,16,17). The van der Waals surface area contributed by atoms with Crippen LogP contribution in [0.3, 0.4) is 0 Å². The van der Waals surface area contributed by atoms with Gasteiger partial charge in [0.2, 0.25) is 0 Å². The van der Waals surface area contributed by atoms with Crippen LogP contribution in [0.1, 0.15) is 24.4 Å². The predicted octanol–water partition coefficient (Wildman–Crippen LogP) is 2.12. The van der Waals surface area contributed by atoms with Crippen LogP contribution in [-0.4, -0.2) is 20.6 Å². The number of hydrogen-bond acceptors (Lipinski definition) is 2. The molecule has 1 N–H and O–H groups in total. The van der Waals surface area contributed by atoms with Gasteiger partial charge in [-0.15, -0.1) is 0 Å². The van der Waals surface area contributed by atoms with Crippen molar-refractivity contribution in [2.45, 2.75) is 19.4 Å². The van der Waals surface area contributed by atoms with Gasteiger partial charge in [0.05, 0.1) is 0 Å². The van der Waals surface area contributed by atoms with E-state index in [0.29, 0.717) is 6.42 Å². The van der Waals surface area contributed by atoms with E-state index in [2.05, 4.69) is 4.98 Å². The van der Waals surface area contributed by atoms with E-state index in [0.717, 1.165) is 11.4 Å². The molecule has 0 saturated heterocycles. The van der Waals surface area contributed by atoms with Crippen molar-refractivity contribution in [3.05, 3.63) is 54.1 Å². The highest BCUT2D eigenvalue weighted by molar-refractivity contribution is 5.76. The number of rotatable bonds is 4. The molecule has 88 valence electrons. The van der Waals surface area contributed by atoms with E-state index in [-0.39, 0.29) is 0 Å². The van der Waals surface area contributed by atoms with Gasteiger partial charge in [0.1, 0.15) is 5.82 Å². The molecule has 0 fully saturated rings. The molecule has 1 heterocycles. The summed E-state index contributed by atoms with van der Waals surface area (Å²) in [5.41, 5.74) is 0.757. The van der Waals surface area contributed by atoms with Gasteiger partial charge in [0, 0.05) is 18.8 Å². The summed E-state index contributed by atoms with van der Waals surface area (Å²) in [5, 5.41) is 9.37. The number of aromatic nitrogens is 2. The molecule has 0 radical (unpaired) electrons. The second kappa shape index (κ2) is 4.82. The van der Waals surface area contributed by atoms with Crippen molar-refractivity contribution in [1.29, 1.82) is 0 Å². The number of imidazole rings is 1. The highest BCUT2D eigenvalue weighted by atomic mass is 16.4. The molecule has 4 heteroatoms. The SMILES string of the molecule is CCc1nccn1C(C(=O)O)c1ccccc1. The monoisotopic (exact) mass is 230 g/mol. The van der Waals surface area contributed by atoms with Crippen molar-refractivity contribution in [2.75, 3.05) is 0 Å². The number of carbonyl (C=O) groups is 1. The molecule has 1 unspecified atom stereocenters. The third-order valence-electron chi connectivity index (χ3n) is 2.69. The summed E-state index contributed by atoms with van der Waals surface area (Å²) in [7, 11) is 0. The van der Waals surface area contributed by atoms with Crippen LogP contribution in [0, 0.1) is 0 Å². The summed E-state index contributed by atoms with van der Waals surface area (Å²) in [6, 6.07) is 8.49. The van der Waals surface area contributed by atoms with Crippen molar-refractivity contribution in [3.63, 3.8) is 0 Å². The lowest BCUT2D eigenvalue weighted by atomic mass is 10.1. The van der Waals surface area contributed by atoms with Gasteiger partial charge in [-0.2, -0.15) is 0 Å². The fourth-order valence-corrected chi connectivity index (χ4v) is 1.91. The molecule has 2 aromatic rings. The zero-order chi connectivity index (χ0) is 12.3. The number of carboxylic acid groups (broad SMARTS) is 1. The molecule has 0 amide bonds. The average Bonchev–Trinajstić information content (AvgIpc) is 2.78. The Bertz CT molecular complexity index is 505. The molecule has 0 aliphatic carbocycles. The number of aryl methyl sites for hydroxylation is 1. The van der Waals surface area contributed by atoms with E-state index in [1.165, 1.54) is 0 Å². The van der Waals surface area contributed by atoms with Crippen LogP contribution in [0.25, 0.3) is 0 Å². The van der Waals surface area contributed by atoms with Crippen LogP contribution in [0.4, 0.5) is 0 Å². The van der Waals surface area contributed by atoms with E-state index < -0.39 is 12.0 Å². The Labute approximate surface area is 99.5 Å². The largest absolute Gasteiger partial charge is 0.479 e. The summed E-state index contributed by atoms with van der Waals surface area (Å²) >= 11 is 0. The van der Waals surface area contributed by atoms with Crippen LogP contribution >= 0.6 is 0 Å². The number of aliphatic carboxylic acids is 1. The van der Waals surface area contributed by atoms with Crippen molar-refractivity contribution < 1.29 is 9.90 Å². The Morgan fingerprint density at radius 1 is 1.41 bits per heavy atom. The molecular weight excluding hydrogens is 216 g/mol. The second-order valence-electron chi connectivity index (χ2n) is 3.76. The molecule has 0 aliphatic heterocycles. The summed E-state index contributed by atoms with van der Waals surface area (Å²) in [6.45, 7) is 1.96. The molecule has 1 aromatic carbocycles. The minimum atomic E-state index is -0.871. The lowest BCUT2D eigenvalue weighted by Gasteiger charge is -2.16. The minimum Gasteiger partial charge on any atom is -0.479 e. The summed E-state index contributed by atoms with van der Waals surface area (Å²) < 4.78 is 1.71.